The van der Waals surface area contributed by atoms with Crippen LogP contribution in [0.4, 0.5) is 5.69 Å². The van der Waals surface area contributed by atoms with E-state index in [4.69, 9.17) is 4.74 Å². The Morgan fingerprint density at radius 2 is 1.96 bits per heavy atom. The van der Waals surface area contributed by atoms with E-state index in [1.54, 1.807) is 0 Å². The predicted molar refractivity (Wildman–Crippen MR) is 110 cm³/mol. The third-order valence-electron chi connectivity index (χ3n) is 6.17. The average molecular weight is 388 g/mol. The van der Waals surface area contributed by atoms with E-state index in [1.165, 1.54) is 24.0 Å². The lowest BCUT2D eigenvalue weighted by atomic mass is 9.99. The Kier molecular flexibility index (Phi) is 6.01. The number of rotatable bonds is 4. The van der Waals surface area contributed by atoms with Gasteiger partial charge in [0.1, 0.15) is 5.60 Å². The number of hydrogen-bond acceptors (Lipinski definition) is 5. The highest BCUT2D eigenvalue weighted by Crippen LogP contribution is 2.28. The second kappa shape index (κ2) is 8.49. The first-order valence-electron chi connectivity index (χ1n) is 10.7. The van der Waals surface area contributed by atoms with E-state index in [1.807, 2.05) is 4.90 Å². The second-order valence-electron chi connectivity index (χ2n) is 8.75. The zero-order valence-corrected chi connectivity index (χ0v) is 17.0. The summed E-state index contributed by atoms with van der Waals surface area (Å²) in [5, 5.41) is 11.2. The minimum absolute atomic E-state index is 0.121. The third-order valence-corrected chi connectivity index (χ3v) is 6.17. The summed E-state index contributed by atoms with van der Waals surface area (Å²) in [4.78, 5) is 19.5. The largest absolute Gasteiger partial charge is 0.385 e. The molecule has 1 amide bonds. The van der Waals surface area contributed by atoms with Crippen molar-refractivity contribution in [2.45, 2.75) is 38.2 Å². The first-order valence-corrected chi connectivity index (χ1v) is 10.7. The van der Waals surface area contributed by atoms with Gasteiger partial charge < -0.3 is 19.6 Å². The number of benzene rings is 1. The maximum absolute atomic E-state index is 13.1. The van der Waals surface area contributed by atoms with Gasteiger partial charge in [0.2, 0.25) is 5.91 Å². The summed E-state index contributed by atoms with van der Waals surface area (Å²) in [6, 6.07) is 6.36. The summed E-state index contributed by atoms with van der Waals surface area (Å²) in [7, 11) is 0. The number of amides is 1. The molecule has 2 fully saturated rings. The van der Waals surface area contributed by atoms with Gasteiger partial charge >= 0.3 is 0 Å². The van der Waals surface area contributed by atoms with Crippen LogP contribution < -0.4 is 4.90 Å². The smallest absolute Gasteiger partial charge is 0.241 e. The van der Waals surface area contributed by atoms with E-state index in [2.05, 4.69) is 34.9 Å². The third kappa shape index (κ3) is 4.57. The van der Waals surface area contributed by atoms with Crippen LogP contribution in [-0.4, -0.2) is 85.4 Å². The molecule has 6 nitrogen and oxygen atoms in total. The molecule has 3 aliphatic rings. The summed E-state index contributed by atoms with van der Waals surface area (Å²) in [5.41, 5.74) is 2.66. The van der Waals surface area contributed by atoms with E-state index in [0.29, 0.717) is 39.4 Å². The molecule has 0 saturated carbocycles. The number of hydrogen-bond donors (Lipinski definition) is 1. The fraction of sp³-hybridized carbons (Fsp3) is 0.682. The molecule has 0 aliphatic carbocycles. The van der Waals surface area contributed by atoms with Crippen LogP contribution in [0.2, 0.25) is 0 Å². The molecule has 3 aliphatic heterocycles. The molecule has 2 saturated heterocycles. The lowest BCUT2D eigenvalue weighted by Crippen LogP contribution is -2.53. The van der Waals surface area contributed by atoms with E-state index >= 15 is 0 Å². The maximum atomic E-state index is 13.1. The van der Waals surface area contributed by atoms with Crippen LogP contribution in [0.5, 0.6) is 0 Å². The zero-order valence-electron chi connectivity index (χ0n) is 17.0. The van der Waals surface area contributed by atoms with Gasteiger partial charge in [0.15, 0.2) is 0 Å². The fourth-order valence-electron chi connectivity index (χ4n) is 4.85. The van der Waals surface area contributed by atoms with E-state index < -0.39 is 5.60 Å². The topological polar surface area (TPSA) is 56.3 Å². The number of aryl methyl sites for hydroxylation is 2. The Bertz CT molecular complexity index is 704. The predicted octanol–water partition coefficient (Wildman–Crippen LogP) is 1.43. The van der Waals surface area contributed by atoms with E-state index in [9.17, 15) is 9.90 Å². The van der Waals surface area contributed by atoms with Gasteiger partial charge in [0, 0.05) is 31.9 Å². The maximum Gasteiger partial charge on any atom is 0.241 e. The Morgan fingerprint density at radius 3 is 2.79 bits per heavy atom. The van der Waals surface area contributed by atoms with Crippen LogP contribution >= 0.6 is 0 Å². The lowest BCUT2D eigenvalue weighted by molar-refractivity contribution is -0.120. The number of fused-ring (bicyclic) bond motifs is 1. The van der Waals surface area contributed by atoms with Crippen LogP contribution in [0.15, 0.2) is 18.2 Å². The molecule has 154 valence electrons. The van der Waals surface area contributed by atoms with Crippen molar-refractivity contribution in [3.8, 4) is 0 Å². The molecule has 3 heterocycles. The first-order chi connectivity index (χ1) is 13.5. The normalized spacial score (nSPS) is 26.9. The number of carbonyl (C=O) groups is 1. The number of likely N-dealkylation sites (tertiary alicyclic amines) is 1. The van der Waals surface area contributed by atoms with Gasteiger partial charge in [-0.25, -0.2) is 0 Å². The Hall–Kier alpha value is -1.47. The summed E-state index contributed by atoms with van der Waals surface area (Å²) in [6.45, 7) is 8.01. The van der Waals surface area contributed by atoms with Crippen molar-refractivity contribution >= 4 is 11.6 Å². The van der Waals surface area contributed by atoms with Gasteiger partial charge in [0.25, 0.3) is 0 Å². The molecular formula is C22H33N3O3. The summed E-state index contributed by atoms with van der Waals surface area (Å²) in [5.74, 6) is 0.121. The molecule has 4 rings (SSSR count). The van der Waals surface area contributed by atoms with Gasteiger partial charge in [-0.15, -0.1) is 0 Å². The quantitative estimate of drug-likeness (QED) is 0.847. The molecule has 1 aromatic rings. The Morgan fingerprint density at radius 1 is 1.14 bits per heavy atom. The molecule has 0 unspecified atom stereocenters. The number of aliphatic hydroxyl groups is 1. The molecule has 1 aromatic carbocycles. The second-order valence-corrected chi connectivity index (χ2v) is 8.75. The first kappa shape index (κ1) is 19.8. The molecular weight excluding hydrogens is 354 g/mol. The molecule has 0 aromatic heterocycles. The van der Waals surface area contributed by atoms with Crippen molar-refractivity contribution in [1.29, 1.82) is 0 Å². The molecule has 0 spiro atoms. The van der Waals surface area contributed by atoms with Crippen molar-refractivity contribution in [3.63, 3.8) is 0 Å². The summed E-state index contributed by atoms with van der Waals surface area (Å²) in [6.07, 6.45) is 4.44. The van der Waals surface area contributed by atoms with Crippen molar-refractivity contribution in [2.75, 3.05) is 63.9 Å². The van der Waals surface area contributed by atoms with Crippen molar-refractivity contribution in [1.82, 2.24) is 9.80 Å². The number of β-amino-alcohol motifs (C(OH)–C–C–N with tert-alkyl or cyclic N) is 1. The van der Waals surface area contributed by atoms with Gasteiger partial charge in [-0.05, 0) is 57.3 Å². The van der Waals surface area contributed by atoms with Gasteiger partial charge in [-0.3, -0.25) is 9.69 Å². The minimum atomic E-state index is -0.905. The number of ether oxygens (including phenoxy) is 1. The van der Waals surface area contributed by atoms with Crippen LogP contribution in [-0.2, 0) is 16.0 Å². The van der Waals surface area contributed by atoms with E-state index in [0.717, 1.165) is 38.2 Å². The highest BCUT2D eigenvalue weighted by Gasteiger charge is 2.36. The van der Waals surface area contributed by atoms with Gasteiger partial charge in [-0.2, -0.15) is 0 Å². The highest BCUT2D eigenvalue weighted by molar-refractivity contribution is 5.96. The number of anilines is 1. The standard InChI is InChI=1S/C22H33N3O3/c1-18-6-7-20-19(13-18)5-4-10-25(20)21(26)14-24-11-12-28-17-22(27,16-24)15-23-8-2-3-9-23/h6-7,13,27H,2-5,8-12,14-17H2,1H3/t22-/m0/s1. The minimum Gasteiger partial charge on any atom is -0.385 e. The van der Waals surface area contributed by atoms with Crippen molar-refractivity contribution < 1.29 is 14.6 Å². The Balaban J connectivity index is 1.42. The number of nitrogens with zero attached hydrogens (tertiary/aromatic N) is 3. The lowest BCUT2D eigenvalue weighted by Gasteiger charge is -2.35. The molecule has 1 atom stereocenters. The van der Waals surface area contributed by atoms with Crippen LogP contribution in [0.25, 0.3) is 0 Å². The van der Waals surface area contributed by atoms with Crippen molar-refractivity contribution in [3.05, 3.63) is 29.3 Å². The number of carbonyl (C=O) groups excluding carboxylic acids is 1. The van der Waals surface area contributed by atoms with Crippen LogP contribution in [0.1, 0.15) is 30.4 Å². The molecule has 1 N–H and O–H groups in total. The summed E-state index contributed by atoms with van der Waals surface area (Å²) < 4.78 is 5.70. The fourth-order valence-corrected chi connectivity index (χ4v) is 4.85. The zero-order chi connectivity index (χ0) is 19.6. The molecule has 0 radical (unpaired) electrons. The average Bonchev–Trinajstić information content (AvgIpc) is 3.09. The van der Waals surface area contributed by atoms with Crippen molar-refractivity contribution in [2.24, 2.45) is 0 Å². The van der Waals surface area contributed by atoms with Gasteiger partial charge in [0.05, 0.1) is 19.8 Å². The van der Waals surface area contributed by atoms with Crippen LogP contribution in [0.3, 0.4) is 0 Å². The van der Waals surface area contributed by atoms with E-state index in [-0.39, 0.29) is 5.91 Å². The van der Waals surface area contributed by atoms with Crippen LogP contribution in [0, 0.1) is 6.92 Å². The Labute approximate surface area is 168 Å². The molecule has 0 bridgehead atoms. The summed E-state index contributed by atoms with van der Waals surface area (Å²) >= 11 is 0. The molecule has 6 heteroatoms. The molecule has 28 heavy (non-hydrogen) atoms. The monoisotopic (exact) mass is 387 g/mol. The van der Waals surface area contributed by atoms with Gasteiger partial charge in [-0.1, -0.05) is 17.7 Å². The SMILES string of the molecule is Cc1ccc2c(c1)CCCN2C(=O)CN1CCOC[C@](O)(CN2CCCC2)C1. The highest BCUT2D eigenvalue weighted by atomic mass is 16.5.